The Hall–Kier alpha value is -1.12. The van der Waals surface area contributed by atoms with E-state index in [4.69, 9.17) is 1.37 Å². The molecule has 1 heterocycles. The van der Waals surface area contributed by atoms with Gasteiger partial charge >= 0.3 is 0 Å². The molecule has 0 fully saturated rings. The fourth-order valence-electron chi connectivity index (χ4n) is 0.451. The van der Waals surface area contributed by atoms with Gasteiger partial charge in [0.1, 0.15) is 0 Å². The fraction of sp³-hybridized carbons (Fsp3) is 0.200. The topological polar surface area (TPSA) is 46.2 Å². The molecule has 0 aromatic rings. The zero-order valence-corrected chi connectivity index (χ0v) is 4.10. The quantitative estimate of drug-likeness (QED) is 0.433. The third kappa shape index (κ3) is 0.932. The first kappa shape index (κ1) is 3.83. The highest BCUT2D eigenvalue weighted by molar-refractivity contribution is 6.06. The van der Waals surface area contributed by atoms with Crippen LogP contribution in [-0.2, 0) is 9.59 Å². The highest BCUT2D eigenvalue weighted by Gasteiger charge is 2.08. The first-order chi connectivity index (χ1) is 4.18. The number of ketones is 1. The summed E-state index contributed by atoms with van der Waals surface area (Å²) in [6.45, 7) is 0. The van der Waals surface area contributed by atoms with Gasteiger partial charge in [0.05, 0.1) is 7.79 Å². The maximum absolute atomic E-state index is 10.4. The number of carbonyl (C=O) groups excluding carboxylic acids is 2. The van der Waals surface area contributed by atoms with E-state index in [1.165, 1.54) is 0 Å². The molecule has 3 heteroatoms. The van der Waals surface area contributed by atoms with Crippen LogP contribution >= 0.6 is 0 Å². The zero-order valence-electron chi connectivity index (χ0n) is 5.10. The molecular weight excluding hydrogens is 106 g/mol. The average molecular weight is 112 g/mol. The van der Waals surface area contributed by atoms with Gasteiger partial charge in [-0.25, -0.2) is 0 Å². The Balaban J connectivity index is 2.79. The van der Waals surface area contributed by atoms with Gasteiger partial charge in [0.2, 0.25) is 5.91 Å². The van der Waals surface area contributed by atoms with Gasteiger partial charge in [-0.15, -0.1) is 0 Å². The summed E-state index contributed by atoms with van der Waals surface area (Å²) in [7, 11) is 0. The van der Waals surface area contributed by atoms with Crippen molar-refractivity contribution in [1.29, 1.82) is 0 Å². The van der Waals surface area contributed by atoms with E-state index in [2.05, 4.69) is 5.32 Å². The second-order valence-corrected chi connectivity index (χ2v) is 1.48. The number of hydrogen-bond donors (Lipinski definition) is 1. The summed E-state index contributed by atoms with van der Waals surface area (Å²) in [4.78, 5) is 20.8. The van der Waals surface area contributed by atoms with Crippen LogP contribution in [0.2, 0.25) is 0 Å². The lowest BCUT2D eigenvalue weighted by Gasteiger charge is -2.00. The second-order valence-electron chi connectivity index (χ2n) is 1.48. The summed E-state index contributed by atoms with van der Waals surface area (Å²) >= 11 is 0. The van der Waals surface area contributed by atoms with Crippen LogP contribution < -0.4 is 5.32 Å². The van der Waals surface area contributed by atoms with E-state index in [0.29, 0.717) is 0 Å². The molecule has 3 nitrogen and oxygen atoms in total. The van der Waals surface area contributed by atoms with Gasteiger partial charge in [0, 0.05) is 6.18 Å². The van der Waals surface area contributed by atoms with Crippen LogP contribution in [0.5, 0.6) is 0 Å². The first-order valence-corrected chi connectivity index (χ1v) is 2.19. The molecule has 1 N–H and O–H groups in total. The van der Waals surface area contributed by atoms with E-state index in [1.807, 2.05) is 0 Å². The molecule has 0 aromatic carbocycles. The van der Waals surface area contributed by atoms with E-state index < -0.39 is 5.91 Å². The van der Waals surface area contributed by atoms with Crippen LogP contribution in [0.4, 0.5) is 0 Å². The predicted molar refractivity (Wildman–Crippen MR) is 26.9 cm³/mol. The SMILES string of the molecule is [2H]C1=CC(=O)CC(=O)N1. The third-order valence-corrected chi connectivity index (χ3v) is 0.780. The average Bonchev–Trinajstić information content (AvgIpc) is 1.59. The van der Waals surface area contributed by atoms with Crippen molar-refractivity contribution in [3.63, 3.8) is 0 Å². The van der Waals surface area contributed by atoms with Crippen molar-refractivity contribution in [1.82, 2.24) is 5.32 Å². The Bertz CT molecular complexity index is 197. The minimum atomic E-state index is -0.396. The number of amides is 1. The second kappa shape index (κ2) is 1.78. The molecule has 0 aliphatic carbocycles. The molecule has 0 unspecified atom stereocenters. The van der Waals surface area contributed by atoms with Gasteiger partial charge in [-0.05, 0) is 6.08 Å². The smallest absolute Gasteiger partial charge is 0.231 e. The van der Waals surface area contributed by atoms with E-state index in [0.717, 1.165) is 6.08 Å². The fourth-order valence-corrected chi connectivity index (χ4v) is 0.451. The molecule has 0 spiro atoms. The molecule has 0 saturated heterocycles. The summed E-state index contributed by atoms with van der Waals surface area (Å²) in [6, 6.07) is 0. The summed E-state index contributed by atoms with van der Waals surface area (Å²) in [5, 5.41) is 2.18. The molecule has 0 atom stereocenters. The van der Waals surface area contributed by atoms with Gasteiger partial charge in [-0.1, -0.05) is 0 Å². The lowest BCUT2D eigenvalue weighted by atomic mass is 10.2. The lowest BCUT2D eigenvalue weighted by molar-refractivity contribution is -0.126. The van der Waals surface area contributed by atoms with Gasteiger partial charge in [-0.3, -0.25) is 9.59 Å². The summed E-state index contributed by atoms with van der Waals surface area (Å²) in [6.07, 6.45) is 0.861. The van der Waals surface area contributed by atoms with Crippen molar-refractivity contribution in [2.24, 2.45) is 0 Å². The molecule has 42 valence electrons. The van der Waals surface area contributed by atoms with Crippen LogP contribution in [0.15, 0.2) is 12.3 Å². The van der Waals surface area contributed by atoms with Crippen molar-refractivity contribution < 1.29 is 11.0 Å². The number of carbonyl (C=O) groups is 2. The highest BCUT2D eigenvalue weighted by atomic mass is 16.2. The van der Waals surface area contributed by atoms with Crippen LogP contribution in [0, 0.1) is 0 Å². The lowest BCUT2D eigenvalue weighted by Crippen LogP contribution is -2.24. The molecule has 0 saturated carbocycles. The normalized spacial score (nSPS) is 21.5. The zero-order chi connectivity index (χ0) is 6.85. The van der Waals surface area contributed by atoms with Gasteiger partial charge in [0.15, 0.2) is 5.78 Å². The number of allylic oxidation sites excluding steroid dienone is 1. The van der Waals surface area contributed by atoms with Crippen LogP contribution in [-0.4, -0.2) is 11.7 Å². The van der Waals surface area contributed by atoms with Gasteiger partial charge < -0.3 is 5.32 Å². The maximum Gasteiger partial charge on any atom is 0.231 e. The third-order valence-electron chi connectivity index (χ3n) is 0.780. The summed E-state index contributed by atoms with van der Waals surface area (Å²) in [5.74, 6) is -0.698. The Morgan fingerprint density at radius 3 is 3.00 bits per heavy atom. The van der Waals surface area contributed by atoms with Crippen molar-refractivity contribution in [2.75, 3.05) is 0 Å². The Labute approximate surface area is 47.8 Å². The molecule has 1 aliphatic heterocycles. The van der Waals surface area contributed by atoms with Gasteiger partial charge in [0.25, 0.3) is 0 Å². The van der Waals surface area contributed by atoms with E-state index >= 15 is 0 Å². The summed E-state index contributed by atoms with van der Waals surface area (Å²) in [5.41, 5.74) is 0. The molecular formula is C5H5NO2. The van der Waals surface area contributed by atoms with Crippen molar-refractivity contribution in [2.45, 2.75) is 6.42 Å². The van der Waals surface area contributed by atoms with E-state index in [-0.39, 0.29) is 18.4 Å². The molecule has 0 bridgehead atoms. The molecule has 0 radical (unpaired) electrons. The number of nitrogens with one attached hydrogen (secondary N) is 1. The summed E-state index contributed by atoms with van der Waals surface area (Å²) < 4.78 is 6.84. The number of rotatable bonds is 0. The van der Waals surface area contributed by atoms with Crippen LogP contribution in [0.3, 0.4) is 0 Å². The van der Waals surface area contributed by atoms with Gasteiger partial charge in [-0.2, -0.15) is 0 Å². The molecule has 0 aromatic heterocycles. The monoisotopic (exact) mass is 112 g/mol. The largest absolute Gasteiger partial charge is 0.332 e. The Kier molecular flexibility index (Phi) is 0.850. The first-order valence-electron chi connectivity index (χ1n) is 2.69. The molecule has 8 heavy (non-hydrogen) atoms. The van der Waals surface area contributed by atoms with Crippen LogP contribution in [0.25, 0.3) is 0 Å². The van der Waals surface area contributed by atoms with Crippen molar-refractivity contribution in [3.05, 3.63) is 12.3 Å². The Morgan fingerprint density at radius 1 is 1.75 bits per heavy atom. The predicted octanol–water partition coefficient (Wildman–Crippen LogP) is -0.411. The minimum Gasteiger partial charge on any atom is -0.332 e. The van der Waals surface area contributed by atoms with Crippen LogP contribution in [0.1, 0.15) is 7.79 Å². The Morgan fingerprint density at radius 2 is 2.50 bits per heavy atom. The number of hydrogen-bond acceptors (Lipinski definition) is 2. The maximum atomic E-state index is 10.4. The molecule has 1 aliphatic rings. The van der Waals surface area contributed by atoms with Crippen molar-refractivity contribution >= 4 is 11.7 Å². The van der Waals surface area contributed by atoms with E-state index in [1.54, 1.807) is 0 Å². The molecule has 1 amide bonds. The standard InChI is InChI=1S/C5H5NO2/c7-4-1-2-6-5(8)3-4/h1-2H,3H2,(H,6,8)/i2D. The molecule has 1 rings (SSSR count). The minimum absolute atomic E-state index is 0.115. The van der Waals surface area contributed by atoms with E-state index in [9.17, 15) is 9.59 Å². The van der Waals surface area contributed by atoms with Crippen molar-refractivity contribution in [3.8, 4) is 0 Å². The highest BCUT2D eigenvalue weighted by Crippen LogP contribution is 1.90.